The quantitative estimate of drug-likeness (QED) is 0.936. The van der Waals surface area contributed by atoms with Gasteiger partial charge >= 0.3 is 0 Å². The smallest absolute Gasteiger partial charge is 0.0654 e. The summed E-state index contributed by atoms with van der Waals surface area (Å²) in [7, 11) is 1.96. The molecule has 1 unspecified atom stereocenters. The number of aryl methyl sites for hydroxylation is 2. The van der Waals surface area contributed by atoms with Crippen molar-refractivity contribution in [2.45, 2.75) is 19.9 Å². The molecule has 0 spiro atoms. The lowest BCUT2D eigenvalue weighted by Gasteiger charge is -2.17. The Balaban J connectivity index is 2.19. The van der Waals surface area contributed by atoms with Gasteiger partial charge in [-0.15, -0.1) is 0 Å². The molecule has 4 heteroatoms. The summed E-state index contributed by atoms with van der Waals surface area (Å²) in [5, 5.41) is 7.68. The van der Waals surface area contributed by atoms with Crippen LogP contribution in [-0.2, 0) is 7.05 Å². The first-order valence-electron chi connectivity index (χ1n) is 5.58. The molecular formula is C13H16BrN3. The van der Waals surface area contributed by atoms with E-state index in [1.165, 1.54) is 11.3 Å². The van der Waals surface area contributed by atoms with Crippen LogP contribution in [0.5, 0.6) is 0 Å². The molecule has 0 bridgehead atoms. The number of aromatic nitrogens is 2. The van der Waals surface area contributed by atoms with Crippen LogP contribution in [0, 0.1) is 6.92 Å². The van der Waals surface area contributed by atoms with Crippen LogP contribution in [0.15, 0.2) is 34.9 Å². The van der Waals surface area contributed by atoms with E-state index in [9.17, 15) is 0 Å². The maximum Gasteiger partial charge on any atom is 0.0654 e. The third kappa shape index (κ3) is 2.69. The van der Waals surface area contributed by atoms with Gasteiger partial charge in [-0.2, -0.15) is 5.10 Å². The van der Waals surface area contributed by atoms with E-state index < -0.39 is 0 Å². The molecule has 0 aliphatic heterocycles. The number of anilines is 1. The van der Waals surface area contributed by atoms with Crippen LogP contribution >= 0.6 is 15.9 Å². The number of halogens is 1. The Morgan fingerprint density at radius 3 is 2.71 bits per heavy atom. The van der Waals surface area contributed by atoms with E-state index in [2.05, 4.69) is 52.3 Å². The molecule has 0 saturated heterocycles. The van der Waals surface area contributed by atoms with Gasteiger partial charge in [-0.1, -0.05) is 15.9 Å². The van der Waals surface area contributed by atoms with Gasteiger partial charge in [0.25, 0.3) is 0 Å². The summed E-state index contributed by atoms with van der Waals surface area (Å²) in [6.45, 7) is 4.24. The molecule has 0 radical (unpaired) electrons. The minimum absolute atomic E-state index is 0.238. The third-order valence-electron chi connectivity index (χ3n) is 2.86. The summed E-state index contributed by atoms with van der Waals surface area (Å²) in [5.41, 5.74) is 3.56. The molecule has 0 fully saturated rings. The average molecular weight is 294 g/mol. The van der Waals surface area contributed by atoms with Gasteiger partial charge in [-0.25, -0.2) is 0 Å². The van der Waals surface area contributed by atoms with E-state index >= 15 is 0 Å². The monoisotopic (exact) mass is 293 g/mol. The summed E-state index contributed by atoms with van der Waals surface area (Å²) in [6, 6.07) is 8.52. The van der Waals surface area contributed by atoms with E-state index in [4.69, 9.17) is 0 Å². The molecule has 0 saturated carbocycles. The van der Waals surface area contributed by atoms with E-state index in [1.807, 2.05) is 30.1 Å². The topological polar surface area (TPSA) is 29.9 Å². The number of nitrogens with zero attached hydrogens (tertiary/aromatic N) is 2. The lowest BCUT2D eigenvalue weighted by molar-refractivity contribution is 0.675. The van der Waals surface area contributed by atoms with Crippen molar-refractivity contribution >= 4 is 21.6 Å². The van der Waals surface area contributed by atoms with Crippen molar-refractivity contribution in [1.29, 1.82) is 0 Å². The predicted octanol–water partition coefficient (Wildman–Crippen LogP) is 3.66. The lowest BCUT2D eigenvalue weighted by atomic mass is 10.1. The molecular weight excluding hydrogens is 278 g/mol. The fourth-order valence-corrected chi connectivity index (χ4v) is 2.38. The van der Waals surface area contributed by atoms with Gasteiger partial charge in [0.05, 0.1) is 11.7 Å². The molecule has 1 heterocycles. The SMILES string of the molecule is Cc1cc(Br)ccc1NC(C)c1ccnn1C. The molecule has 90 valence electrons. The van der Waals surface area contributed by atoms with Crippen LogP contribution in [0.4, 0.5) is 5.69 Å². The highest BCUT2D eigenvalue weighted by atomic mass is 79.9. The number of rotatable bonds is 3. The van der Waals surface area contributed by atoms with Crippen LogP contribution in [0.1, 0.15) is 24.2 Å². The highest BCUT2D eigenvalue weighted by Gasteiger charge is 2.10. The first-order chi connectivity index (χ1) is 8.08. The zero-order chi connectivity index (χ0) is 12.4. The van der Waals surface area contributed by atoms with Crippen molar-refractivity contribution in [3.8, 4) is 0 Å². The normalized spacial score (nSPS) is 12.5. The molecule has 0 aliphatic carbocycles. The fraction of sp³-hybridized carbons (Fsp3) is 0.308. The van der Waals surface area contributed by atoms with E-state index in [1.54, 1.807) is 0 Å². The molecule has 2 aromatic rings. The molecule has 0 amide bonds. The zero-order valence-electron chi connectivity index (χ0n) is 10.2. The number of hydrogen-bond acceptors (Lipinski definition) is 2. The maximum absolute atomic E-state index is 4.19. The predicted molar refractivity (Wildman–Crippen MR) is 74.1 cm³/mol. The molecule has 1 aromatic heterocycles. The molecule has 2 rings (SSSR count). The van der Waals surface area contributed by atoms with Crippen LogP contribution in [0.3, 0.4) is 0 Å². The second-order valence-corrected chi connectivity index (χ2v) is 5.12. The van der Waals surface area contributed by atoms with E-state index in [0.717, 1.165) is 10.2 Å². The van der Waals surface area contributed by atoms with Gasteiger partial charge in [0.15, 0.2) is 0 Å². The average Bonchev–Trinajstić information content (AvgIpc) is 2.68. The Labute approximate surface area is 110 Å². The minimum Gasteiger partial charge on any atom is -0.377 e. The Morgan fingerprint density at radius 1 is 1.35 bits per heavy atom. The van der Waals surface area contributed by atoms with Crippen LogP contribution in [0.25, 0.3) is 0 Å². The van der Waals surface area contributed by atoms with Crippen LogP contribution in [0.2, 0.25) is 0 Å². The molecule has 0 aliphatic rings. The van der Waals surface area contributed by atoms with E-state index in [-0.39, 0.29) is 6.04 Å². The summed E-state index contributed by atoms with van der Waals surface area (Å²) < 4.78 is 3.00. The van der Waals surface area contributed by atoms with Crippen molar-refractivity contribution in [3.63, 3.8) is 0 Å². The van der Waals surface area contributed by atoms with Gasteiger partial charge in [-0.3, -0.25) is 4.68 Å². The van der Waals surface area contributed by atoms with Crippen molar-refractivity contribution < 1.29 is 0 Å². The first-order valence-corrected chi connectivity index (χ1v) is 6.38. The molecule has 3 nitrogen and oxygen atoms in total. The van der Waals surface area contributed by atoms with Crippen molar-refractivity contribution in [2.24, 2.45) is 7.05 Å². The number of hydrogen-bond donors (Lipinski definition) is 1. The summed E-state index contributed by atoms with van der Waals surface area (Å²) >= 11 is 3.47. The van der Waals surface area contributed by atoms with Crippen molar-refractivity contribution in [3.05, 3.63) is 46.2 Å². The molecule has 1 N–H and O–H groups in total. The fourth-order valence-electron chi connectivity index (χ4n) is 1.91. The largest absolute Gasteiger partial charge is 0.377 e. The van der Waals surface area contributed by atoms with Crippen molar-refractivity contribution in [2.75, 3.05) is 5.32 Å². The highest BCUT2D eigenvalue weighted by molar-refractivity contribution is 9.10. The molecule has 17 heavy (non-hydrogen) atoms. The van der Waals surface area contributed by atoms with Crippen molar-refractivity contribution in [1.82, 2.24) is 9.78 Å². The summed E-state index contributed by atoms with van der Waals surface area (Å²) in [5.74, 6) is 0. The highest BCUT2D eigenvalue weighted by Crippen LogP contribution is 2.24. The Hall–Kier alpha value is -1.29. The van der Waals surface area contributed by atoms with Gasteiger partial charge in [0.2, 0.25) is 0 Å². The lowest BCUT2D eigenvalue weighted by Crippen LogP contribution is -2.11. The van der Waals surface area contributed by atoms with Crippen LogP contribution < -0.4 is 5.32 Å². The summed E-state index contributed by atoms with van der Waals surface area (Å²) in [6.07, 6.45) is 1.82. The molecule has 1 aromatic carbocycles. The van der Waals surface area contributed by atoms with Gasteiger partial charge in [-0.05, 0) is 43.7 Å². The van der Waals surface area contributed by atoms with Gasteiger partial charge in [0, 0.05) is 23.4 Å². The minimum atomic E-state index is 0.238. The number of benzene rings is 1. The number of nitrogens with one attached hydrogen (secondary N) is 1. The zero-order valence-corrected chi connectivity index (χ0v) is 11.8. The second kappa shape index (κ2) is 4.92. The standard InChI is InChI=1S/C13H16BrN3/c1-9-8-11(14)4-5-12(9)16-10(2)13-6-7-15-17(13)3/h4-8,10,16H,1-3H3. The first kappa shape index (κ1) is 12.2. The van der Waals surface area contributed by atoms with Crippen LogP contribution in [-0.4, -0.2) is 9.78 Å². The summed E-state index contributed by atoms with van der Waals surface area (Å²) in [4.78, 5) is 0. The second-order valence-electron chi connectivity index (χ2n) is 4.20. The maximum atomic E-state index is 4.19. The van der Waals surface area contributed by atoms with E-state index in [0.29, 0.717) is 0 Å². The Kier molecular flexibility index (Phi) is 3.52. The Bertz CT molecular complexity index is 519. The van der Waals surface area contributed by atoms with Gasteiger partial charge < -0.3 is 5.32 Å². The molecule has 1 atom stereocenters. The third-order valence-corrected chi connectivity index (χ3v) is 3.36. The van der Waals surface area contributed by atoms with Gasteiger partial charge in [0.1, 0.15) is 0 Å². The Morgan fingerprint density at radius 2 is 2.12 bits per heavy atom.